The summed E-state index contributed by atoms with van der Waals surface area (Å²) >= 11 is 0. The van der Waals surface area contributed by atoms with E-state index in [2.05, 4.69) is 43.1 Å². The Bertz CT molecular complexity index is 327. The molecule has 1 atom stereocenters. The van der Waals surface area contributed by atoms with E-state index in [0.29, 0.717) is 6.04 Å². The van der Waals surface area contributed by atoms with Gasteiger partial charge in [-0.3, -0.25) is 0 Å². The maximum atomic E-state index is 5.95. The summed E-state index contributed by atoms with van der Waals surface area (Å²) in [6.45, 7) is 2.14. The third-order valence-corrected chi connectivity index (χ3v) is 3.46. The van der Waals surface area contributed by atoms with Crippen molar-refractivity contribution in [1.29, 1.82) is 0 Å². The van der Waals surface area contributed by atoms with Crippen molar-refractivity contribution >= 4 is 5.69 Å². The lowest BCUT2D eigenvalue weighted by molar-refractivity contribution is 0.646. The minimum absolute atomic E-state index is 0.298. The number of nitrogens with two attached hydrogens (primary N) is 1. The van der Waals surface area contributed by atoms with E-state index in [4.69, 9.17) is 5.73 Å². The average Bonchev–Trinajstić information content (AvgIpc) is 3.13. The molecule has 16 heavy (non-hydrogen) atoms. The van der Waals surface area contributed by atoms with E-state index in [0.717, 1.165) is 18.9 Å². The summed E-state index contributed by atoms with van der Waals surface area (Å²) in [5.41, 5.74) is 8.63. The lowest BCUT2D eigenvalue weighted by Gasteiger charge is -2.19. The van der Waals surface area contributed by atoms with Gasteiger partial charge in [-0.2, -0.15) is 0 Å². The Balaban J connectivity index is 1.98. The Morgan fingerprint density at radius 2 is 1.94 bits per heavy atom. The second-order valence-electron chi connectivity index (χ2n) is 4.88. The maximum absolute atomic E-state index is 5.95. The molecule has 2 N–H and O–H groups in total. The standard InChI is InChI=1S/C14H22N2/c1-3-12(15)10-11-4-6-13(7-5-11)16(2)14-8-9-14/h4-7,12,14H,3,8-10,15H2,1-2H3. The highest BCUT2D eigenvalue weighted by molar-refractivity contribution is 5.48. The molecule has 0 aliphatic heterocycles. The number of benzene rings is 1. The van der Waals surface area contributed by atoms with Gasteiger partial charge in [0.05, 0.1) is 0 Å². The van der Waals surface area contributed by atoms with E-state index in [1.54, 1.807) is 0 Å². The number of hydrogen-bond donors (Lipinski definition) is 1. The van der Waals surface area contributed by atoms with E-state index >= 15 is 0 Å². The average molecular weight is 218 g/mol. The highest BCUT2D eigenvalue weighted by Crippen LogP contribution is 2.30. The largest absolute Gasteiger partial charge is 0.372 e. The minimum atomic E-state index is 0.298. The van der Waals surface area contributed by atoms with Gasteiger partial charge in [0.25, 0.3) is 0 Å². The summed E-state index contributed by atoms with van der Waals surface area (Å²) in [6, 6.07) is 9.94. The topological polar surface area (TPSA) is 29.3 Å². The predicted octanol–water partition coefficient (Wildman–Crippen LogP) is 2.57. The molecule has 1 aliphatic rings. The molecule has 1 saturated carbocycles. The van der Waals surface area contributed by atoms with Crippen LogP contribution < -0.4 is 10.6 Å². The van der Waals surface area contributed by atoms with Gasteiger partial charge in [-0.15, -0.1) is 0 Å². The Kier molecular flexibility index (Phi) is 3.49. The minimum Gasteiger partial charge on any atom is -0.372 e. The van der Waals surface area contributed by atoms with Crippen molar-refractivity contribution in [3.8, 4) is 0 Å². The predicted molar refractivity (Wildman–Crippen MR) is 69.8 cm³/mol. The molecule has 2 heteroatoms. The van der Waals surface area contributed by atoms with Gasteiger partial charge in [-0.1, -0.05) is 19.1 Å². The molecule has 1 aromatic carbocycles. The summed E-state index contributed by atoms with van der Waals surface area (Å²) in [5.74, 6) is 0. The monoisotopic (exact) mass is 218 g/mol. The molecule has 0 bridgehead atoms. The molecule has 1 unspecified atom stereocenters. The fourth-order valence-electron chi connectivity index (χ4n) is 1.99. The van der Waals surface area contributed by atoms with Crippen molar-refractivity contribution in [2.75, 3.05) is 11.9 Å². The fourth-order valence-corrected chi connectivity index (χ4v) is 1.99. The molecule has 0 saturated heterocycles. The molecule has 88 valence electrons. The zero-order valence-corrected chi connectivity index (χ0v) is 10.3. The number of anilines is 1. The Labute approximate surface area is 98.4 Å². The zero-order chi connectivity index (χ0) is 11.5. The Morgan fingerprint density at radius 3 is 2.44 bits per heavy atom. The maximum Gasteiger partial charge on any atom is 0.0366 e. The smallest absolute Gasteiger partial charge is 0.0366 e. The van der Waals surface area contributed by atoms with Gasteiger partial charge < -0.3 is 10.6 Å². The SMILES string of the molecule is CCC(N)Cc1ccc(N(C)C2CC2)cc1. The van der Waals surface area contributed by atoms with E-state index in [1.165, 1.54) is 24.1 Å². The first-order chi connectivity index (χ1) is 7.70. The van der Waals surface area contributed by atoms with Crippen molar-refractivity contribution in [3.63, 3.8) is 0 Å². The van der Waals surface area contributed by atoms with E-state index in [1.807, 2.05) is 0 Å². The van der Waals surface area contributed by atoms with Gasteiger partial charge in [0.15, 0.2) is 0 Å². The fraction of sp³-hybridized carbons (Fsp3) is 0.571. The van der Waals surface area contributed by atoms with Crippen LogP contribution in [0.5, 0.6) is 0 Å². The van der Waals surface area contributed by atoms with Gasteiger partial charge in [0, 0.05) is 24.8 Å². The lowest BCUT2D eigenvalue weighted by atomic mass is 10.0. The molecule has 0 radical (unpaired) electrons. The van der Waals surface area contributed by atoms with E-state index in [9.17, 15) is 0 Å². The van der Waals surface area contributed by atoms with Gasteiger partial charge in [-0.05, 0) is 43.4 Å². The molecule has 1 aliphatic carbocycles. The first kappa shape index (κ1) is 11.5. The first-order valence-electron chi connectivity index (χ1n) is 6.28. The van der Waals surface area contributed by atoms with Crippen molar-refractivity contribution in [1.82, 2.24) is 0 Å². The van der Waals surface area contributed by atoms with Crippen LogP contribution in [0.2, 0.25) is 0 Å². The summed E-state index contributed by atoms with van der Waals surface area (Å²) < 4.78 is 0. The van der Waals surface area contributed by atoms with Crippen LogP contribution in [-0.2, 0) is 6.42 Å². The number of rotatable bonds is 5. The number of hydrogen-bond acceptors (Lipinski definition) is 2. The molecule has 0 heterocycles. The summed E-state index contributed by atoms with van der Waals surface area (Å²) in [6.07, 6.45) is 4.73. The first-order valence-corrected chi connectivity index (χ1v) is 6.28. The zero-order valence-electron chi connectivity index (χ0n) is 10.3. The summed E-state index contributed by atoms with van der Waals surface area (Å²) in [4.78, 5) is 2.38. The molecule has 2 rings (SSSR count). The molecule has 0 amide bonds. The van der Waals surface area contributed by atoms with E-state index < -0.39 is 0 Å². The van der Waals surface area contributed by atoms with Crippen LogP contribution in [0.15, 0.2) is 24.3 Å². The Hall–Kier alpha value is -1.02. The number of nitrogens with zero attached hydrogens (tertiary/aromatic N) is 1. The van der Waals surface area contributed by atoms with Gasteiger partial charge in [0.1, 0.15) is 0 Å². The second kappa shape index (κ2) is 4.88. The van der Waals surface area contributed by atoms with Crippen LogP contribution in [0.4, 0.5) is 5.69 Å². The van der Waals surface area contributed by atoms with Crippen LogP contribution >= 0.6 is 0 Å². The molecule has 2 nitrogen and oxygen atoms in total. The molecule has 0 spiro atoms. The van der Waals surface area contributed by atoms with Crippen molar-refractivity contribution in [3.05, 3.63) is 29.8 Å². The summed E-state index contributed by atoms with van der Waals surface area (Å²) in [7, 11) is 2.18. The van der Waals surface area contributed by atoms with Crippen LogP contribution in [0, 0.1) is 0 Å². The normalized spacial score (nSPS) is 17.2. The van der Waals surface area contributed by atoms with Crippen molar-refractivity contribution < 1.29 is 0 Å². The quantitative estimate of drug-likeness (QED) is 0.823. The van der Waals surface area contributed by atoms with Crippen molar-refractivity contribution in [2.24, 2.45) is 5.73 Å². The molecular formula is C14H22N2. The third-order valence-electron chi connectivity index (χ3n) is 3.46. The second-order valence-corrected chi connectivity index (χ2v) is 4.88. The van der Waals surface area contributed by atoms with Crippen LogP contribution in [0.25, 0.3) is 0 Å². The summed E-state index contributed by atoms with van der Waals surface area (Å²) in [5, 5.41) is 0. The highest BCUT2D eigenvalue weighted by atomic mass is 15.2. The van der Waals surface area contributed by atoms with E-state index in [-0.39, 0.29) is 0 Å². The molecular weight excluding hydrogens is 196 g/mol. The van der Waals surface area contributed by atoms with Gasteiger partial charge in [0.2, 0.25) is 0 Å². The highest BCUT2D eigenvalue weighted by Gasteiger charge is 2.26. The molecule has 1 aromatic rings. The Morgan fingerprint density at radius 1 is 1.31 bits per heavy atom. The molecule has 1 fully saturated rings. The van der Waals surface area contributed by atoms with Crippen LogP contribution in [0.1, 0.15) is 31.7 Å². The van der Waals surface area contributed by atoms with Crippen LogP contribution in [0.3, 0.4) is 0 Å². The third kappa shape index (κ3) is 2.76. The van der Waals surface area contributed by atoms with Gasteiger partial charge >= 0.3 is 0 Å². The van der Waals surface area contributed by atoms with Crippen molar-refractivity contribution in [2.45, 2.75) is 44.7 Å². The molecule has 0 aromatic heterocycles. The van der Waals surface area contributed by atoms with Crippen LogP contribution in [-0.4, -0.2) is 19.1 Å². The van der Waals surface area contributed by atoms with Gasteiger partial charge in [-0.25, -0.2) is 0 Å². The lowest BCUT2D eigenvalue weighted by Crippen LogP contribution is -2.22.